The minimum absolute atomic E-state index is 0.0665. The molecule has 0 unspecified atom stereocenters. The van der Waals surface area contributed by atoms with Gasteiger partial charge in [-0.2, -0.15) is 0 Å². The molecular weight excluding hydrogens is 138 g/mol. The topological polar surface area (TPSA) is 37.8 Å². The molecule has 1 rings (SSSR count). The molecule has 0 fully saturated rings. The Kier molecular flexibility index (Phi) is 2.19. The first-order valence-corrected chi connectivity index (χ1v) is 3.62. The smallest absolute Gasteiger partial charge is 0.115 e. The molecule has 3 heteroatoms. The van der Waals surface area contributed by atoms with Crippen molar-refractivity contribution < 1.29 is 0 Å². The molecule has 0 bridgehead atoms. The Morgan fingerprint density at radius 1 is 1.45 bits per heavy atom. The summed E-state index contributed by atoms with van der Waals surface area (Å²) in [5.74, 6) is 0. The van der Waals surface area contributed by atoms with Crippen LogP contribution in [0.25, 0.3) is 0 Å². The van der Waals surface area contributed by atoms with Gasteiger partial charge in [0.1, 0.15) is 6.33 Å². The monoisotopic (exact) mass is 151 g/mol. The number of hydrogen-bond acceptors (Lipinski definition) is 3. The van der Waals surface area contributed by atoms with E-state index in [0.717, 1.165) is 5.69 Å². The molecule has 0 aliphatic carbocycles. The van der Waals surface area contributed by atoms with Crippen molar-refractivity contribution in [2.24, 2.45) is 0 Å². The molecule has 0 amide bonds. The third-order valence-corrected chi connectivity index (χ3v) is 1.85. The molecule has 0 radical (unpaired) electrons. The number of rotatable bonds is 2. The van der Waals surface area contributed by atoms with Crippen molar-refractivity contribution in [3.63, 3.8) is 0 Å². The van der Waals surface area contributed by atoms with Crippen LogP contribution in [0, 0.1) is 0 Å². The second-order valence-electron chi connectivity index (χ2n) is 2.97. The summed E-state index contributed by atoms with van der Waals surface area (Å²) in [6, 6.07) is 1.91. The van der Waals surface area contributed by atoms with Crippen molar-refractivity contribution in [2.45, 2.75) is 19.4 Å². The van der Waals surface area contributed by atoms with Gasteiger partial charge in [0.15, 0.2) is 0 Å². The molecule has 1 aromatic heterocycles. The van der Waals surface area contributed by atoms with Gasteiger partial charge in [0.05, 0.1) is 11.2 Å². The second-order valence-corrected chi connectivity index (χ2v) is 2.97. The van der Waals surface area contributed by atoms with E-state index in [1.54, 1.807) is 12.5 Å². The summed E-state index contributed by atoms with van der Waals surface area (Å²) in [6.45, 7) is 4.16. The van der Waals surface area contributed by atoms with Crippen LogP contribution in [0.5, 0.6) is 0 Å². The SMILES string of the molecule is CNC(C)(C)c1ccncn1. The predicted molar refractivity (Wildman–Crippen MR) is 44.1 cm³/mol. The van der Waals surface area contributed by atoms with Crippen molar-refractivity contribution in [3.8, 4) is 0 Å². The Morgan fingerprint density at radius 3 is 2.64 bits per heavy atom. The van der Waals surface area contributed by atoms with Gasteiger partial charge in [0.2, 0.25) is 0 Å². The van der Waals surface area contributed by atoms with E-state index in [0.29, 0.717) is 0 Å². The van der Waals surface area contributed by atoms with Gasteiger partial charge in [-0.3, -0.25) is 0 Å². The van der Waals surface area contributed by atoms with Crippen LogP contribution in [0.1, 0.15) is 19.5 Å². The first kappa shape index (κ1) is 8.14. The number of hydrogen-bond donors (Lipinski definition) is 1. The maximum atomic E-state index is 4.15. The Hall–Kier alpha value is -0.960. The quantitative estimate of drug-likeness (QED) is 0.683. The van der Waals surface area contributed by atoms with E-state index in [-0.39, 0.29) is 5.54 Å². The van der Waals surface area contributed by atoms with Gasteiger partial charge in [-0.05, 0) is 27.0 Å². The average Bonchev–Trinajstić information content (AvgIpc) is 2.06. The van der Waals surface area contributed by atoms with E-state index in [4.69, 9.17) is 0 Å². The number of aromatic nitrogens is 2. The lowest BCUT2D eigenvalue weighted by Gasteiger charge is -2.22. The van der Waals surface area contributed by atoms with Gasteiger partial charge in [0.25, 0.3) is 0 Å². The van der Waals surface area contributed by atoms with E-state index in [2.05, 4.69) is 29.1 Å². The van der Waals surface area contributed by atoms with E-state index in [1.165, 1.54) is 0 Å². The molecule has 1 N–H and O–H groups in total. The summed E-state index contributed by atoms with van der Waals surface area (Å²) in [5, 5.41) is 3.17. The summed E-state index contributed by atoms with van der Waals surface area (Å²) < 4.78 is 0. The molecule has 0 spiro atoms. The molecule has 1 aromatic rings. The fraction of sp³-hybridized carbons (Fsp3) is 0.500. The lowest BCUT2D eigenvalue weighted by Crippen LogP contribution is -2.34. The molecule has 0 saturated heterocycles. The minimum Gasteiger partial charge on any atom is -0.310 e. The van der Waals surface area contributed by atoms with Gasteiger partial charge < -0.3 is 5.32 Å². The number of nitrogens with one attached hydrogen (secondary N) is 1. The zero-order valence-electron chi connectivity index (χ0n) is 7.13. The van der Waals surface area contributed by atoms with E-state index in [1.807, 2.05) is 13.1 Å². The Balaban J connectivity index is 2.93. The van der Waals surface area contributed by atoms with Crippen LogP contribution in [-0.2, 0) is 5.54 Å². The molecule has 60 valence electrons. The van der Waals surface area contributed by atoms with Crippen LogP contribution >= 0.6 is 0 Å². The Bertz CT molecular complexity index is 218. The normalized spacial score (nSPS) is 11.5. The van der Waals surface area contributed by atoms with E-state index < -0.39 is 0 Å². The van der Waals surface area contributed by atoms with E-state index >= 15 is 0 Å². The molecule has 0 atom stereocenters. The highest BCUT2D eigenvalue weighted by Crippen LogP contribution is 2.14. The molecule has 11 heavy (non-hydrogen) atoms. The molecular formula is C8H13N3. The van der Waals surface area contributed by atoms with Crippen molar-refractivity contribution in [3.05, 3.63) is 24.3 Å². The minimum atomic E-state index is -0.0665. The van der Waals surface area contributed by atoms with E-state index in [9.17, 15) is 0 Å². The van der Waals surface area contributed by atoms with Gasteiger partial charge in [0, 0.05) is 6.20 Å². The zero-order chi connectivity index (χ0) is 8.32. The molecule has 1 heterocycles. The van der Waals surface area contributed by atoms with Gasteiger partial charge in [-0.1, -0.05) is 0 Å². The highest BCUT2D eigenvalue weighted by atomic mass is 15.0. The fourth-order valence-corrected chi connectivity index (χ4v) is 0.788. The van der Waals surface area contributed by atoms with Crippen molar-refractivity contribution in [1.82, 2.24) is 15.3 Å². The maximum Gasteiger partial charge on any atom is 0.115 e. The highest BCUT2D eigenvalue weighted by Gasteiger charge is 2.18. The molecule has 3 nitrogen and oxygen atoms in total. The van der Waals surface area contributed by atoms with Crippen LogP contribution in [0.2, 0.25) is 0 Å². The van der Waals surface area contributed by atoms with Crippen molar-refractivity contribution in [2.75, 3.05) is 7.05 Å². The lowest BCUT2D eigenvalue weighted by atomic mass is 10.0. The summed E-state index contributed by atoms with van der Waals surface area (Å²) >= 11 is 0. The molecule has 0 aliphatic rings. The third-order valence-electron chi connectivity index (χ3n) is 1.85. The summed E-state index contributed by atoms with van der Waals surface area (Å²) in [7, 11) is 1.92. The highest BCUT2D eigenvalue weighted by molar-refractivity contribution is 5.09. The fourth-order valence-electron chi connectivity index (χ4n) is 0.788. The molecule has 0 aliphatic heterocycles. The molecule has 0 saturated carbocycles. The lowest BCUT2D eigenvalue weighted by molar-refractivity contribution is 0.430. The molecule has 0 aromatic carbocycles. The Morgan fingerprint density at radius 2 is 2.18 bits per heavy atom. The van der Waals surface area contributed by atoms with Crippen LogP contribution < -0.4 is 5.32 Å². The average molecular weight is 151 g/mol. The summed E-state index contributed by atoms with van der Waals surface area (Å²) in [5.41, 5.74) is 0.943. The van der Waals surface area contributed by atoms with Crippen molar-refractivity contribution >= 4 is 0 Å². The summed E-state index contributed by atoms with van der Waals surface area (Å²) in [4.78, 5) is 8.00. The Labute approximate surface area is 66.9 Å². The first-order chi connectivity index (χ1) is 5.17. The third kappa shape index (κ3) is 1.74. The van der Waals surface area contributed by atoms with Gasteiger partial charge >= 0.3 is 0 Å². The van der Waals surface area contributed by atoms with Crippen LogP contribution in [0.15, 0.2) is 18.6 Å². The largest absolute Gasteiger partial charge is 0.310 e. The standard InChI is InChI=1S/C8H13N3/c1-8(2,9-3)7-4-5-10-6-11-7/h4-6,9H,1-3H3. The summed E-state index contributed by atoms with van der Waals surface area (Å²) in [6.07, 6.45) is 3.32. The van der Waals surface area contributed by atoms with Crippen LogP contribution in [0.4, 0.5) is 0 Å². The first-order valence-electron chi connectivity index (χ1n) is 3.62. The van der Waals surface area contributed by atoms with Gasteiger partial charge in [-0.25, -0.2) is 9.97 Å². The number of nitrogens with zero attached hydrogens (tertiary/aromatic N) is 2. The predicted octanol–water partition coefficient (Wildman–Crippen LogP) is 0.931. The van der Waals surface area contributed by atoms with Crippen LogP contribution in [0.3, 0.4) is 0 Å². The zero-order valence-corrected chi connectivity index (χ0v) is 7.13. The second kappa shape index (κ2) is 2.96. The maximum absolute atomic E-state index is 4.15. The van der Waals surface area contributed by atoms with Crippen molar-refractivity contribution in [1.29, 1.82) is 0 Å². The van der Waals surface area contributed by atoms with Gasteiger partial charge in [-0.15, -0.1) is 0 Å². The van der Waals surface area contributed by atoms with Crippen LogP contribution in [-0.4, -0.2) is 17.0 Å².